The molecule has 12 aromatic rings. The Bertz CT molecular complexity index is 5320. The molecule has 21 heteroatoms. The zero-order chi connectivity index (χ0) is 77.3. The summed E-state index contributed by atoms with van der Waals surface area (Å²) in [6.07, 6.45) is 22.4. The minimum atomic E-state index is -4.32. The number of hydrogen-bond donors (Lipinski definition) is 0. The van der Waals surface area contributed by atoms with E-state index >= 15 is 0 Å². The maximum absolute atomic E-state index is 13.4. The molecule has 590 valence electrons. The van der Waals surface area contributed by atoms with Gasteiger partial charge in [0, 0.05) is 147 Å². The van der Waals surface area contributed by atoms with Gasteiger partial charge in [-0.05, 0) is 200 Å². The molecule has 0 N–H and O–H groups in total. The summed E-state index contributed by atoms with van der Waals surface area (Å²) in [5.41, 5.74) is 25.1. The van der Waals surface area contributed by atoms with Gasteiger partial charge < -0.3 is 23.0 Å². The fourth-order valence-corrected chi connectivity index (χ4v) is 20.1. The second-order valence-corrected chi connectivity index (χ2v) is 32.3. The number of pyridine rings is 2. The number of nitrogens with zero attached hydrogens (tertiary/aromatic N) is 14. The third-order valence-electron chi connectivity index (χ3n) is 25.7. The van der Waals surface area contributed by atoms with Crippen LogP contribution in [0.4, 0.5) is 26.3 Å². The Kier molecular flexibility index (Phi) is 22.7. The maximum atomic E-state index is 13.4. The number of hydrogen-bond acceptors (Lipinski definition) is 11. The zero-order valence-corrected chi connectivity index (χ0v) is 65.6. The van der Waals surface area contributed by atoms with Crippen molar-refractivity contribution < 1.29 is 31.1 Å². The van der Waals surface area contributed by atoms with Gasteiger partial charge in [0.05, 0.1) is 80.6 Å². The average Bonchev–Trinajstić information content (AvgIpc) is 1.61. The van der Waals surface area contributed by atoms with Gasteiger partial charge in [-0.1, -0.05) is 92.4 Å². The molecule has 0 saturated carbocycles. The van der Waals surface area contributed by atoms with E-state index in [9.17, 15) is 26.3 Å². The Morgan fingerprint density at radius 1 is 0.381 bits per heavy atom. The summed E-state index contributed by atoms with van der Waals surface area (Å²) in [7, 11) is 1.69. The van der Waals surface area contributed by atoms with Crippen LogP contribution in [0.2, 0.25) is 0 Å². The van der Waals surface area contributed by atoms with Crippen molar-refractivity contribution in [3.8, 4) is 5.75 Å². The van der Waals surface area contributed by atoms with Crippen molar-refractivity contribution in [2.75, 3.05) is 59.5 Å². The topological polar surface area (TPSA) is 119 Å². The molecule has 0 bridgehead atoms. The summed E-state index contributed by atoms with van der Waals surface area (Å²) in [4.78, 5) is 38.7. The van der Waals surface area contributed by atoms with Crippen molar-refractivity contribution in [1.82, 2.24) is 67.8 Å². The third-order valence-corrected chi connectivity index (χ3v) is 25.7. The molecule has 4 unspecified atom stereocenters. The minimum Gasteiger partial charge on any atom is -0.497 e. The lowest BCUT2D eigenvalue weighted by Gasteiger charge is -2.39. The lowest BCUT2D eigenvalue weighted by molar-refractivity contribution is -0.137. The fraction of sp³-hybridized carbons (Fsp3) is 0.457. The van der Waals surface area contributed by atoms with Crippen LogP contribution in [0.5, 0.6) is 5.75 Å². The molecule has 15 nitrogen and oxygen atoms in total. The van der Waals surface area contributed by atoms with Gasteiger partial charge in [0.1, 0.15) is 36.6 Å². The second kappa shape index (κ2) is 33.7. The molecule has 8 aromatic heterocycles. The molecule has 113 heavy (non-hydrogen) atoms. The molecule has 0 aliphatic carbocycles. The lowest BCUT2D eigenvalue weighted by Crippen LogP contribution is -2.39. The predicted molar refractivity (Wildman–Crippen MR) is 433 cm³/mol. The smallest absolute Gasteiger partial charge is 0.416 e. The van der Waals surface area contributed by atoms with E-state index in [0.29, 0.717) is 48.5 Å². The molecule has 8 aliphatic rings. The normalized spacial score (nSPS) is 19.6. The Labute approximate surface area is 658 Å². The van der Waals surface area contributed by atoms with Crippen molar-refractivity contribution >= 4 is 44.1 Å². The summed E-state index contributed by atoms with van der Waals surface area (Å²) in [5.74, 6) is 2.43. The van der Waals surface area contributed by atoms with Crippen LogP contribution in [-0.4, -0.2) is 127 Å². The van der Waals surface area contributed by atoms with E-state index in [-0.39, 0.29) is 5.82 Å². The highest BCUT2D eigenvalue weighted by atomic mass is 19.4. The molecule has 4 aromatic carbocycles. The Hall–Kier alpha value is -9.28. The first-order valence-corrected chi connectivity index (χ1v) is 41.6. The van der Waals surface area contributed by atoms with Crippen LogP contribution in [0.15, 0.2) is 140 Å². The van der Waals surface area contributed by atoms with Gasteiger partial charge in [-0.2, -0.15) is 13.2 Å². The predicted octanol–water partition coefficient (Wildman–Crippen LogP) is 19.0. The van der Waals surface area contributed by atoms with Crippen LogP contribution < -0.4 is 4.74 Å². The van der Waals surface area contributed by atoms with Gasteiger partial charge in [-0.25, -0.2) is 43.1 Å². The summed E-state index contributed by atoms with van der Waals surface area (Å²) in [6, 6.07) is 40.8. The number of alkyl halides is 5. The summed E-state index contributed by atoms with van der Waals surface area (Å²) in [5, 5.41) is 0. The van der Waals surface area contributed by atoms with E-state index in [1.165, 1.54) is 164 Å². The van der Waals surface area contributed by atoms with Crippen molar-refractivity contribution in [1.29, 1.82) is 0 Å². The number of piperidine rings is 4. The number of aromatic nitrogens is 10. The van der Waals surface area contributed by atoms with Crippen molar-refractivity contribution in [3.05, 3.63) is 241 Å². The molecule has 8 aliphatic heterocycles. The Balaban J connectivity index is 0.000000109. The fourth-order valence-electron chi connectivity index (χ4n) is 20.1. The summed E-state index contributed by atoms with van der Waals surface area (Å²) >= 11 is 0. The maximum Gasteiger partial charge on any atom is 0.416 e. The first-order valence-electron chi connectivity index (χ1n) is 41.6. The van der Waals surface area contributed by atoms with E-state index in [0.717, 1.165) is 171 Å². The standard InChI is InChI=1S/C24H25F4N3.C24H28FN3O.C22H25FN4.C22H26N4/c25-15-18-8-9-21-23(29-18)22-19-3-1-2-12-30(19)13-11-20(22)31(21)14-10-16-4-6-17(7-5-16)24(26,27)28;1-29-19-8-5-17(6-9-19)11-15-28-21-12-14-27-13-3-2-4-20(27)23(21)24-22(28)10-7-18(16-25)26-24;1-15-24-14-20-22(25-15)21-18-4-2-3-11-26(18)12-10-19(21)27(20)13-9-16-5-7-17(23)8-6-16;1-16-23-15-20-22(24-16)21-18-9-5-6-12-25(18)13-11-19(21)26(20)14-10-17-7-3-2-4-8-17/h4-9,19H,1-3,10-15H2;5-10,20H,2-4,11-16H2,1H3;5-8,14,18H,2-4,9-13H2,1H3;2-4,7-8,15,18H,5-6,9-14H2,1H3. The van der Waals surface area contributed by atoms with Crippen LogP contribution in [0.25, 0.3) is 44.1 Å². The number of methoxy groups -OCH3 is 1. The lowest BCUT2D eigenvalue weighted by atomic mass is 9.90. The van der Waals surface area contributed by atoms with Crippen molar-refractivity contribution in [3.63, 3.8) is 0 Å². The molecule has 20 rings (SSSR count). The van der Waals surface area contributed by atoms with E-state index in [2.05, 4.69) is 101 Å². The van der Waals surface area contributed by atoms with E-state index < -0.39 is 25.1 Å². The molecule has 4 saturated heterocycles. The Morgan fingerprint density at radius 2 is 0.717 bits per heavy atom. The van der Waals surface area contributed by atoms with Gasteiger partial charge in [0.15, 0.2) is 0 Å². The van der Waals surface area contributed by atoms with Gasteiger partial charge in [-0.3, -0.25) is 19.6 Å². The Morgan fingerprint density at radius 3 is 1.07 bits per heavy atom. The largest absolute Gasteiger partial charge is 0.497 e. The van der Waals surface area contributed by atoms with Crippen molar-refractivity contribution in [2.45, 2.75) is 212 Å². The highest BCUT2D eigenvalue weighted by molar-refractivity contribution is 5.85. The minimum absolute atomic E-state index is 0.177. The molecular formula is C92H104F6N14O. The number of ether oxygens (including phenoxy) is 1. The van der Waals surface area contributed by atoms with Gasteiger partial charge in [0.25, 0.3) is 0 Å². The van der Waals surface area contributed by atoms with Crippen LogP contribution in [0, 0.1) is 19.7 Å². The summed E-state index contributed by atoms with van der Waals surface area (Å²) in [6.45, 7) is 15.5. The van der Waals surface area contributed by atoms with Crippen LogP contribution in [-0.2, 0) is 97.1 Å². The molecule has 0 amide bonds. The number of aryl methyl sites for hydroxylation is 10. The molecule has 16 heterocycles. The third kappa shape index (κ3) is 15.8. The first kappa shape index (κ1) is 76.4. The van der Waals surface area contributed by atoms with E-state index in [4.69, 9.17) is 19.7 Å². The average molecular weight is 1540 g/mol. The number of halogens is 6. The first-order chi connectivity index (χ1) is 55.2. The SMILES string of the molecule is COc1ccc(CCn2c3c(c4nc(CF)ccc42)C2CCCCN2CC3)cc1.Cc1ncc2c(n1)c1c(n2CCc2ccc(F)cc2)CCN2CCCCC12.Cc1ncc2c(n1)c1c(n2CCc2ccccc2)CCN2CCCCC12.FCc1ccc2c(n1)c1c(n2CCc2ccc(C(F)(F)F)cc2)CCN2CCCCC12. The monoisotopic (exact) mass is 1530 g/mol. The van der Waals surface area contributed by atoms with Crippen LogP contribution in [0.1, 0.15) is 197 Å². The highest BCUT2D eigenvalue weighted by Gasteiger charge is 2.40. The zero-order valence-electron chi connectivity index (χ0n) is 65.6. The van der Waals surface area contributed by atoms with Gasteiger partial charge >= 0.3 is 6.18 Å². The highest BCUT2D eigenvalue weighted by Crippen LogP contribution is 2.47. The number of fused-ring (bicyclic) bond motifs is 20. The van der Waals surface area contributed by atoms with E-state index in [1.807, 2.05) is 62.6 Å². The van der Waals surface area contributed by atoms with Crippen LogP contribution >= 0.6 is 0 Å². The molecule has 4 fully saturated rings. The number of rotatable bonds is 15. The number of benzene rings is 4. The second-order valence-electron chi connectivity index (χ2n) is 32.3. The van der Waals surface area contributed by atoms with Gasteiger partial charge in [0.2, 0.25) is 0 Å². The van der Waals surface area contributed by atoms with E-state index in [1.54, 1.807) is 37.4 Å². The molecule has 4 atom stereocenters. The van der Waals surface area contributed by atoms with Crippen molar-refractivity contribution in [2.24, 2.45) is 0 Å². The van der Waals surface area contributed by atoms with Gasteiger partial charge in [-0.15, -0.1) is 0 Å². The van der Waals surface area contributed by atoms with Crippen LogP contribution in [0.3, 0.4) is 0 Å². The molecule has 0 spiro atoms. The summed E-state index contributed by atoms with van der Waals surface area (Å²) < 4.78 is 93.4. The quantitative estimate of drug-likeness (QED) is 0.0913. The molecule has 0 radical (unpaired) electrons. The molecular weight excluding hydrogens is 1430 g/mol.